The Morgan fingerprint density at radius 3 is 1.69 bits per heavy atom. The van der Waals surface area contributed by atoms with Gasteiger partial charge in [0.25, 0.3) is 4.06 Å². The zero-order chi connectivity index (χ0) is 12.1. The van der Waals surface area contributed by atoms with Gasteiger partial charge in [-0.05, 0) is 0 Å². The summed E-state index contributed by atoms with van der Waals surface area (Å²) in [6.45, 7) is 0. The molecule has 1 aromatic heterocycles. The molecule has 2 amide bonds. The van der Waals surface area contributed by atoms with E-state index in [0.717, 1.165) is 31.1 Å². The lowest BCUT2D eigenvalue weighted by Crippen LogP contribution is -2.13. The molecule has 0 aliphatic heterocycles. The highest BCUT2D eigenvalue weighted by molar-refractivity contribution is 8.05. The van der Waals surface area contributed by atoms with Crippen LogP contribution in [0.5, 0.6) is 0 Å². The number of rotatable bonds is 6. The molecule has 0 aromatic carbocycles. The topological polar surface area (TPSA) is 103 Å². The predicted octanol–water partition coefficient (Wildman–Crippen LogP) is 0.325. The van der Waals surface area contributed by atoms with Crippen LogP contribution in [0.2, 0.25) is 0 Å². The first-order chi connectivity index (χ1) is 7.49. The molecule has 88 valence electrons. The second kappa shape index (κ2) is 6.28. The number of primary amides is 2. The molecular formula is C7H8N2O3S4. The molecule has 9 heteroatoms. The van der Waals surface area contributed by atoms with Crippen molar-refractivity contribution in [3.05, 3.63) is 8.85 Å². The van der Waals surface area contributed by atoms with E-state index in [-0.39, 0.29) is 15.6 Å². The van der Waals surface area contributed by atoms with Gasteiger partial charge in [-0.1, -0.05) is 22.7 Å². The minimum Gasteiger partial charge on any atom is -0.369 e. The third-order valence-electron chi connectivity index (χ3n) is 1.21. The first-order valence-electron chi connectivity index (χ1n) is 3.95. The summed E-state index contributed by atoms with van der Waals surface area (Å²) in [5, 5.41) is 0. The van der Waals surface area contributed by atoms with Crippen LogP contribution in [-0.2, 0) is 9.59 Å². The number of thioether (sulfide) groups is 2. The van der Waals surface area contributed by atoms with Crippen LogP contribution in [0, 0.1) is 0 Å². The molecule has 16 heavy (non-hydrogen) atoms. The van der Waals surface area contributed by atoms with Crippen LogP contribution in [0.25, 0.3) is 0 Å². The fourth-order valence-electron chi connectivity index (χ4n) is 0.706. The van der Waals surface area contributed by atoms with Gasteiger partial charge >= 0.3 is 0 Å². The molecule has 0 saturated heterocycles. The summed E-state index contributed by atoms with van der Waals surface area (Å²) < 4.78 is 1.37. The highest BCUT2D eigenvalue weighted by Crippen LogP contribution is 2.36. The summed E-state index contributed by atoms with van der Waals surface area (Å²) in [7, 11) is 0. The van der Waals surface area contributed by atoms with E-state index in [2.05, 4.69) is 0 Å². The maximum absolute atomic E-state index is 11.2. The standard InChI is InChI=1S/C7H8N2O3S4/c8-3(10)1-13-5-6(14-2-4(9)11)16-7(12)15-5/h1-2H2,(H2,8,10)(H2,9,11). The Balaban J connectivity index is 2.70. The monoisotopic (exact) mass is 296 g/mol. The third-order valence-corrected chi connectivity index (χ3v) is 6.34. The van der Waals surface area contributed by atoms with Crippen LogP contribution in [0.4, 0.5) is 0 Å². The van der Waals surface area contributed by atoms with Crippen LogP contribution in [0.3, 0.4) is 0 Å². The van der Waals surface area contributed by atoms with Gasteiger partial charge in [-0.2, -0.15) is 0 Å². The smallest absolute Gasteiger partial charge is 0.289 e. The van der Waals surface area contributed by atoms with Crippen LogP contribution in [0.1, 0.15) is 0 Å². The van der Waals surface area contributed by atoms with Crippen molar-refractivity contribution in [2.75, 3.05) is 11.5 Å². The largest absolute Gasteiger partial charge is 0.369 e. The molecule has 0 radical (unpaired) electrons. The van der Waals surface area contributed by atoms with Gasteiger partial charge in [0.2, 0.25) is 11.8 Å². The van der Waals surface area contributed by atoms with Crippen molar-refractivity contribution in [3.8, 4) is 0 Å². The number of nitrogens with two attached hydrogens (primary N) is 2. The average molecular weight is 296 g/mol. The first-order valence-corrected chi connectivity index (χ1v) is 7.55. The number of carbonyl (C=O) groups is 2. The van der Waals surface area contributed by atoms with E-state index in [9.17, 15) is 14.4 Å². The Labute approximate surface area is 108 Å². The van der Waals surface area contributed by atoms with Gasteiger partial charge in [0.15, 0.2) is 0 Å². The average Bonchev–Trinajstić information content (AvgIpc) is 2.52. The summed E-state index contributed by atoms with van der Waals surface area (Å²) in [5.74, 6) is -0.642. The lowest BCUT2D eigenvalue weighted by molar-refractivity contribution is -0.116. The molecule has 4 N–H and O–H groups in total. The van der Waals surface area contributed by atoms with E-state index >= 15 is 0 Å². The van der Waals surface area contributed by atoms with Crippen molar-refractivity contribution in [2.45, 2.75) is 8.42 Å². The lowest BCUT2D eigenvalue weighted by atomic mass is 10.8. The fourth-order valence-corrected chi connectivity index (χ4v) is 5.43. The second-order valence-electron chi connectivity index (χ2n) is 2.54. The molecule has 1 aromatic rings. The van der Waals surface area contributed by atoms with Gasteiger partial charge < -0.3 is 11.5 Å². The number of hydrogen-bond donors (Lipinski definition) is 2. The van der Waals surface area contributed by atoms with Gasteiger partial charge in [0.05, 0.1) is 19.9 Å². The van der Waals surface area contributed by atoms with Crippen LogP contribution >= 0.6 is 46.2 Å². The number of carbonyl (C=O) groups excluding carboxylic acids is 2. The first kappa shape index (κ1) is 13.6. The Bertz CT molecular complexity index is 414. The van der Waals surface area contributed by atoms with Gasteiger partial charge in [0.1, 0.15) is 0 Å². The van der Waals surface area contributed by atoms with Crippen molar-refractivity contribution >= 4 is 58.0 Å². The minimum absolute atomic E-state index is 0.0704. The van der Waals surface area contributed by atoms with Crippen LogP contribution < -0.4 is 15.5 Å². The van der Waals surface area contributed by atoms with E-state index in [4.69, 9.17) is 11.5 Å². The van der Waals surface area contributed by atoms with Gasteiger partial charge in [-0.3, -0.25) is 14.4 Å². The molecule has 1 heterocycles. The van der Waals surface area contributed by atoms with Gasteiger partial charge in [-0.15, -0.1) is 23.5 Å². The van der Waals surface area contributed by atoms with E-state index in [1.165, 1.54) is 23.5 Å². The maximum Gasteiger partial charge on any atom is 0.289 e. The summed E-state index contributed by atoms with van der Waals surface area (Å²) in [5.41, 5.74) is 10.0. The quantitative estimate of drug-likeness (QED) is 0.736. The lowest BCUT2D eigenvalue weighted by Gasteiger charge is -1.98. The van der Waals surface area contributed by atoms with E-state index in [1.807, 2.05) is 0 Å². The number of hydrogen-bond acceptors (Lipinski definition) is 7. The molecule has 0 atom stereocenters. The Morgan fingerprint density at radius 1 is 1.00 bits per heavy atom. The second-order valence-corrected chi connectivity index (χ2v) is 7.25. The summed E-state index contributed by atoms with van der Waals surface area (Å²) in [6.07, 6.45) is 0. The summed E-state index contributed by atoms with van der Waals surface area (Å²) in [4.78, 5) is 32.4. The molecule has 5 nitrogen and oxygen atoms in total. The maximum atomic E-state index is 11.2. The zero-order valence-electron chi connectivity index (χ0n) is 7.93. The van der Waals surface area contributed by atoms with Gasteiger partial charge in [0, 0.05) is 0 Å². The zero-order valence-corrected chi connectivity index (χ0v) is 11.2. The summed E-state index contributed by atoms with van der Waals surface area (Å²) >= 11 is 4.52. The Kier molecular flexibility index (Phi) is 5.32. The highest BCUT2D eigenvalue weighted by Gasteiger charge is 2.12. The van der Waals surface area contributed by atoms with Crippen molar-refractivity contribution in [1.82, 2.24) is 0 Å². The molecule has 0 bridgehead atoms. The molecule has 0 unspecified atom stereocenters. The SMILES string of the molecule is NC(=O)CSc1sc(=O)sc1SCC(N)=O. The third kappa shape index (κ3) is 4.56. The van der Waals surface area contributed by atoms with E-state index in [0.29, 0.717) is 0 Å². The molecule has 0 spiro atoms. The minimum atomic E-state index is -0.443. The normalized spacial score (nSPS) is 10.2. The van der Waals surface area contributed by atoms with Crippen LogP contribution in [0.15, 0.2) is 13.2 Å². The van der Waals surface area contributed by atoms with E-state index < -0.39 is 11.8 Å². The van der Waals surface area contributed by atoms with Gasteiger partial charge in [-0.25, -0.2) is 0 Å². The van der Waals surface area contributed by atoms with E-state index in [1.54, 1.807) is 0 Å². The molecular weight excluding hydrogens is 288 g/mol. The molecule has 0 fully saturated rings. The predicted molar refractivity (Wildman–Crippen MR) is 68.3 cm³/mol. The van der Waals surface area contributed by atoms with Crippen molar-refractivity contribution in [1.29, 1.82) is 0 Å². The highest BCUT2D eigenvalue weighted by atomic mass is 32.2. The molecule has 0 aliphatic rings. The number of amides is 2. The molecule has 1 rings (SSSR count). The van der Waals surface area contributed by atoms with Crippen molar-refractivity contribution < 1.29 is 9.59 Å². The Hall–Kier alpha value is -0.510. The fraction of sp³-hybridized carbons (Fsp3) is 0.286. The molecule has 0 aliphatic carbocycles. The Morgan fingerprint density at radius 2 is 1.38 bits per heavy atom. The summed E-state index contributed by atoms with van der Waals surface area (Å²) in [6, 6.07) is 0. The van der Waals surface area contributed by atoms with Crippen molar-refractivity contribution in [2.24, 2.45) is 11.5 Å². The van der Waals surface area contributed by atoms with Crippen molar-refractivity contribution in [3.63, 3.8) is 0 Å². The van der Waals surface area contributed by atoms with Crippen LogP contribution in [-0.4, -0.2) is 23.3 Å². The molecule has 0 saturated carbocycles.